The summed E-state index contributed by atoms with van der Waals surface area (Å²) in [5, 5.41) is 19.0. The fourth-order valence-electron chi connectivity index (χ4n) is 1.39. The molecule has 1 aromatic rings. The van der Waals surface area contributed by atoms with Gasteiger partial charge in [-0.25, -0.2) is 0 Å². The van der Waals surface area contributed by atoms with Crippen molar-refractivity contribution in [2.45, 2.75) is 25.8 Å². The summed E-state index contributed by atoms with van der Waals surface area (Å²) in [6.07, 6.45) is 0.746. The van der Waals surface area contributed by atoms with E-state index in [4.69, 9.17) is 10.4 Å². The molecule has 0 saturated carbocycles. The predicted molar refractivity (Wildman–Crippen MR) is 74.7 cm³/mol. The number of amides is 1. The van der Waals surface area contributed by atoms with Crippen LogP contribution in [0.5, 0.6) is 0 Å². The molecule has 4 nitrogen and oxygen atoms in total. The number of aliphatic hydroxyl groups is 1. The van der Waals surface area contributed by atoms with Gasteiger partial charge in [0.15, 0.2) is 0 Å². The van der Waals surface area contributed by atoms with Crippen molar-refractivity contribution in [1.82, 2.24) is 4.90 Å². The second-order valence-electron chi connectivity index (χ2n) is 4.10. The quantitative estimate of drug-likeness (QED) is 0.854. The van der Waals surface area contributed by atoms with Crippen molar-refractivity contribution >= 4 is 17.2 Å². The van der Waals surface area contributed by atoms with Crippen molar-refractivity contribution in [3.8, 4) is 17.9 Å². The van der Waals surface area contributed by atoms with E-state index in [1.807, 2.05) is 6.92 Å². The van der Waals surface area contributed by atoms with E-state index in [2.05, 4.69) is 17.9 Å². The highest BCUT2D eigenvalue weighted by molar-refractivity contribution is 7.10. The molecule has 19 heavy (non-hydrogen) atoms. The highest BCUT2D eigenvalue weighted by atomic mass is 32.1. The molecule has 100 valence electrons. The molecule has 1 aromatic heterocycles. The van der Waals surface area contributed by atoms with Crippen LogP contribution in [0.25, 0.3) is 0 Å². The normalized spacial score (nSPS) is 11.1. The molecule has 0 aliphatic rings. The zero-order chi connectivity index (χ0) is 14.3. The minimum Gasteiger partial charge on any atom is -0.395 e. The van der Waals surface area contributed by atoms with Crippen LogP contribution >= 0.6 is 11.3 Å². The molecule has 0 fully saturated rings. The maximum absolute atomic E-state index is 12.1. The van der Waals surface area contributed by atoms with E-state index >= 15 is 0 Å². The Morgan fingerprint density at radius 2 is 2.37 bits per heavy atom. The number of hydrogen-bond donors (Lipinski definition) is 1. The molecule has 1 unspecified atom stereocenters. The lowest BCUT2D eigenvalue weighted by molar-refractivity contribution is 0.0747. The summed E-state index contributed by atoms with van der Waals surface area (Å²) in [5.74, 6) is 5.62. The summed E-state index contributed by atoms with van der Waals surface area (Å²) < 4.78 is 0. The van der Waals surface area contributed by atoms with Gasteiger partial charge in [-0.05, 0) is 13.0 Å². The smallest absolute Gasteiger partial charge is 0.254 e. The van der Waals surface area contributed by atoms with E-state index < -0.39 is 0 Å². The van der Waals surface area contributed by atoms with Crippen LogP contribution in [0.1, 0.15) is 35.0 Å². The van der Waals surface area contributed by atoms with Crippen molar-refractivity contribution in [3.63, 3.8) is 0 Å². The van der Waals surface area contributed by atoms with Gasteiger partial charge < -0.3 is 10.0 Å². The van der Waals surface area contributed by atoms with Crippen LogP contribution in [0.3, 0.4) is 0 Å². The fourth-order valence-corrected chi connectivity index (χ4v) is 2.14. The van der Waals surface area contributed by atoms with E-state index in [9.17, 15) is 4.79 Å². The number of aliphatic hydroxyl groups excluding tert-OH is 1. The number of carbonyl (C=O) groups is 1. The van der Waals surface area contributed by atoms with E-state index in [0.717, 1.165) is 4.88 Å². The molecule has 5 heteroatoms. The van der Waals surface area contributed by atoms with Crippen LogP contribution in [0, 0.1) is 23.2 Å². The Kier molecular flexibility index (Phi) is 6.08. The van der Waals surface area contributed by atoms with E-state index in [-0.39, 0.29) is 18.6 Å². The third kappa shape index (κ3) is 4.40. The summed E-state index contributed by atoms with van der Waals surface area (Å²) in [4.78, 5) is 14.5. The van der Waals surface area contributed by atoms with Gasteiger partial charge >= 0.3 is 0 Å². The van der Waals surface area contributed by atoms with Gasteiger partial charge in [0.05, 0.1) is 29.5 Å². The second kappa shape index (κ2) is 7.58. The lowest BCUT2D eigenvalue weighted by atomic mass is 10.2. The van der Waals surface area contributed by atoms with Crippen LogP contribution in [0.2, 0.25) is 0 Å². The van der Waals surface area contributed by atoms with Crippen molar-refractivity contribution in [1.29, 1.82) is 5.26 Å². The Morgan fingerprint density at radius 3 is 3.00 bits per heavy atom. The van der Waals surface area contributed by atoms with Crippen LogP contribution < -0.4 is 0 Å². The molecule has 1 N–H and O–H groups in total. The summed E-state index contributed by atoms with van der Waals surface area (Å²) in [7, 11) is 1.69. The van der Waals surface area contributed by atoms with Crippen LogP contribution in [-0.4, -0.2) is 35.6 Å². The fraction of sp³-hybridized carbons (Fsp3) is 0.429. The second-order valence-corrected chi connectivity index (χ2v) is 5.01. The van der Waals surface area contributed by atoms with Gasteiger partial charge in [-0.3, -0.25) is 4.79 Å². The third-order valence-electron chi connectivity index (χ3n) is 2.66. The number of nitriles is 1. The Morgan fingerprint density at radius 1 is 1.63 bits per heavy atom. The molecule has 1 rings (SSSR count). The van der Waals surface area contributed by atoms with Gasteiger partial charge in [0.25, 0.3) is 5.91 Å². The molecule has 1 atom stereocenters. The molecule has 1 amide bonds. The summed E-state index contributed by atoms with van der Waals surface area (Å²) in [5.41, 5.74) is 0.589. The highest BCUT2D eigenvalue weighted by Crippen LogP contribution is 2.16. The lowest BCUT2D eigenvalue weighted by Gasteiger charge is -2.22. The van der Waals surface area contributed by atoms with Crippen molar-refractivity contribution < 1.29 is 9.90 Å². The maximum atomic E-state index is 12.1. The molecule has 0 aromatic carbocycles. The summed E-state index contributed by atoms with van der Waals surface area (Å²) in [6.45, 7) is 1.88. The summed E-state index contributed by atoms with van der Waals surface area (Å²) >= 11 is 1.40. The zero-order valence-corrected chi connectivity index (χ0v) is 11.8. The van der Waals surface area contributed by atoms with Gasteiger partial charge in [0, 0.05) is 24.9 Å². The minimum atomic E-state index is -0.110. The average Bonchev–Trinajstić information content (AvgIpc) is 2.86. The average molecular weight is 276 g/mol. The first kappa shape index (κ1) is 15.2. The van der Waals surface area contributed by atoms with Crippen LogP contribution in [0.15, 0.2) is 11.4 Å². The lowest BCUT2D eigenvalue weighted by Crippen LogP contribution is -2.34. The van der Waals surface area contributed by atoms with Gasteiger partial charge in [0.2, 0.25) is 0 Å². The number of hydrogen-bond acceptors (Lipinski definition) is 4. The maximum Gasteiger partial charge on any atom is 0.254 e. The number of rotatable bonds is 4. The highest BCUT2D eigenvalue weighted by Gasteiger charge is 2.18. The molecule has 0 saturated heterocycles. The zero-order valence-electron chi connectivity index (χ0n) is 11.0. The Bertz CT molecular complexity index is 534. The number of carbonyl (C=O) groups excluding carboxylic acids is 1. The molecule has 0 spiro atoms. The topological polar surface area (TPSA) is 64.3 Å². The molecular weight excluding hydrogens is 260 g/mol. The number of nitrogens with zero attached hydrogens (tertiary/aromatic N) is 2. The first-order chi connectivity index (χ1) is 9.10. The van der Waals surface area contributed by atoms with E-state index in [1.54, 1.807) is 23.4 Å². The van der Waals surface area contributed by atoms with Crippen LogP contribution in [-0.2, 0) is 0 Å². The molecule has 0 aliphatic heterocycles. The Hall–Kier alpha value is -1.82. The SMILES string of the molecule is CC(CC#N)N(C)C(=O)c1csc(C#CCCO)c1. The third-order valence-corrected chi connectivity index (χ3v) is 3.51. The molecule has 0 radical (unpaired) electrons. The molecule has 0 bridgehead atoms. The molecule has 0 aliphatic carbocycles. The standard InChI is InChI=1S/C14H16N2O2S/c1-11(6-7-15)16(2)14(18)12-9-13(19-10-12)5-3-4-8-17/h9-11,17H,4,6,8H2,1-2H3. The first-order valence-electron chi connectivity index (χ1n) is 5.92. The first-order valence-corrected chi connectivity index (χ1v) is 6.80. The van der Waals surface area contributed by atoms with E-state index in [1.165, 1.54) is 11.3 Å². The van der Waals surface area contributed by atoms with Crippen LogP contribution in [0.4, 0.5) is 0 Å². The largest absolute Gasteiger partial charge is 0.395 e. The van der Waals surface area contributed by atoms with Gasteiger partial charge in [0.1, 0.15) is 0 Å². The molecular formula is C14H16N2O2S. The predicted octanol–water partition coefficient (Wildman–Crippen LogP) is 1.86. The monoisotopic (exact) mass is 276 g/mol. The molecule has 1 heterocycles. The van der Waals surface area contributed by atoms with Gasteiger partial charge in [-0.15, -0.1) is 11.3 Å². The van der Waals surface area contributed by atoms with Gasteiger partial charge in [-0.1, -0.05) is 11.8 Å². The van der Waals surface area contributed by atoms with E-state index in [0.29, 0.717) is 18.4 Å². The number of thiophene rings is 1. The Balaban J connectivity index is 2.74. The summed E-state index contributed by atoms with van der Waals surface area (Å²) in [6, 6.07) is 3.69. The minimum absolute atomic E-state index is 0.0403. The van der Waals surface area contributed by atoms with Gasteiger partial charge in [-0.2, -0.15) is 5.26 Å². The van der Waals surface area contributed by atoms with Crippen molar-refractivity contribution in [2.24, 2.45) is 0 Å². The Labute approximate surface area is 117 Å². The van der Waals surface area contributed by atoms with Crippen molar-refractivity contribution in [3.05, 3.63) is 21.9 Å². The van der Waals surface area contributed by atoms with Crippen molar-refractivity contribution in [2.75, 3.05) is 13.7 Å².